The third-order valence-corrected chi connectivity index (χ3v) is 3.22. The summed E-state index contributed by atoms with van der Waals surface area (Å²) in [7, 11) is 1.43. The van der Waals surface area contributed by atoms with Crippen LogP contribution in [0.2, 0.25) is 0 Å². The summed E-state index contributed by atoms with van der Waals surface area (Å²) in [6.07, 6.45) is 5.36. The molecule has 1 N–H and O–H groups in total. The Morgan fingerprint density at radius 3 is 2.55 bits per heavy atom. The molecule has 112 valence electrons. The highest BCUT2D eigenvalue weighted by Crippen LogP contribution is 2.21. The van der Waals surface area contributed by atoms with E-state index in [1.807, 2.05) is 12.3 Å². The summed E-state index contributed by atoms with van der Waals surface area (Å²) in [5.74, 6) is 0.781. The molecule has 1 aromatic heterocycles. The number of hydrogen-bond acceptors (Lipinski definition) is 4. The standard InChI is InChI=1S/C16H26N2O2/c1-16(2,3)13-9-10-14(18-12-13)17-11-7-5-6-8-15(19)20-4/h9-10,12H,5-8,11H2,1-4H3,(H,17,18). The number of carbonyl (C=O) groups excluding carboxylic acids is 1. The fourth-order valence-electron chi connectivity index (χ4n) is 1.83. The van der Waals surface area contributed by atoms with E-state index in [1.165, 1.54) is 12.7 Å². The van der Waals surface area contributed by atoms with E-state index in [-0.39, 0.29) is 11.4 Å². The minimum Gasteiger partial charge on any atom is -0.469 e. The number of rotatable bonds is 7. The molecule has 0 saturated carbocycles. The predicted octanol–water partition coefficient (Wildman–Crippen LogP) is 3.52. The van der Waals surface area contributed by atoms with Gasteiger partial charge in [0.1, 0.15) is 5.82 Å². The Balaban J connectivity index is 2.21. The molecule has 1 rings (SSSR count). The van der Waals surface area contributed by atoms with E-state index >= 15 is 0 Å². The zero-order chi connectivity index (χ0) is 15.0. The van der Waals surface area contributed by atoms with Crippen molar-refractivity contribution in [2.75, 3.05) is 19.0 Å². The van der Waals surface area contributed by atoms with Gasteiger partial charge in [-0.15, -0.1) is 0 Å². The molecule has 20 heavy (non-hydrogen) atoms. The summed E-state index contributed by atoms with van der Waals surface area (Å²) >= 11 is 0. The lowest BCUT2D eigenvalue weighted by atomic mass is 9.88. The highest BCUT2D eigenvalue weighted by molar-refractivity contribution is 5.68. The van der Waals surface area contributed by atoms with Crippen LogP contribution in [0.15, 0.2) is 18.3 Å². The highest BCUT2D eigenvalue weighted by atomic mass is 16.5. The minimum atomic E-state index is -0.127. The maximum absolute atomic E-state index is 10.9. The summed E-state index contributed by atoms with van der Waals surface area (Å²) in [6.45, 7) is 7.41. The number of hydrogen-bond donors (Lipinski definition) is 1. The van der Waals surface area contributed by atoms with Crippen molar-refractivity contribution in [1.29, 1.82) is 0 Å². The van der Waals surface area contributed by atoms with Crippen LogP contribution in [0.1, 0.15) is 52.0 Å². The summed E-state index contributed by atoms with van der Waals surface area (Å²) in [5, 5.41) is 3.30. The lowest BCUT2D eigenvalue weighted by Gasteiger charge is -2.18. The van der Waals surface area contributed by atoms with Crippen LogP contribution >= 0.6 is 0 Å². The number of aromatic nitrogens is 1. The fourth-order valence-corrected chi connectivity index (χ4v) is 1.83. The van der Waals surface area contributed by atoms with Crippen molar-refractivity contribution in [3.63, 3.8) is 0 Å². The number of anilines is 1. The van der Waals surface area contributed by atoms with Crippen molar-refractivity contribution in [3.8, 4) is 0 Å². The summed E-state index contributed by atoms with van der Waals surface area (Å²) < 4.78 is 4.60. The van der Waals surface area contributed by atoms with E-state index in [9.17, 15) is 4.79 Å². The molecule has 1 heterocycles. The number of carbonyl (C=O) groups is 1. The van der Waals surface area contributed by atoms with Gasteiger partial charge in [-0.25, -0.2) is 4.98 Å². The van der Waals surface area contributed by atoms with Crippen molar-refractivity contribution in [2.24, 2.45) is 0 Å². The predicted molar refractivity (Wildman–Crippen MR) is 81.9 cm³/mol. The third kappa shape index (κ3) is 6.04. The summed E-state index contributed by atoms with van der Waals surface area (Å²) in [5.41, 5.74) is 1.38. The van der Waals surface area contributed by atoms with Crippen LogP contribution in [0.3, 0.4) is 0 Å². The smallest absolute Gasteiger partial charge is 0.305 e. The Labute approximate surface area is 121 Å². The molecule has 4 heteroatoms. The van der Waals surface area contributed by atoms with Crippen LogP contribution in [-0.2, 0) is 14.9 Å². The van der Waals surface area contributed by atoms with Gasteiger partial charge in [-0.05, 0) is 29.9 Å². The molecule has 0 fully saturated rings. The van der Waals surface area contributed by atoms with Crippen LogP contribution in [0, 0.1) is 0 Å². The Morgan fingerprint density at radius 2 is 2.00 bits per heavy atom. The number of ether oxygens (including phenoxy) is 1. The van der Waals surface area contributed by atoms with Crippen molar-refractivity contribution in [3.05, 3.63) is 23.9 Å². The van der Waals surface area contributed by atoms with E-state index in [0.717, 1.165) is 31.6 Å². The molecule has 0 radical (unpaired) electrons. The SMILES string of the molecule is COC(=O)CCCCCNc1ccc(C(C)(C)C)cn1. The van der Waals surface area contributed by atoms with E-state index in [1.54, 1.807) is 0 Å². The Morgan fingerprint density at radius 1 is 1.25 bits per heavy atom. The van der Waals surface area contributed by atoms with Gasteiger partial charge in [0.15, 0.2) is 0 Å². The maximum atomic E-state index is 10.9. The molecule has 0 bridgehead atoms. The van der Waals surface area contributed by atoms with Crippen molar-refractivity contribution >= 4 is 11.8 Å². The van der Waals surface area contributed by atoms with Crippen LogP contribution in [-0.4, -0.2) is 24.6 Å². The van der Waals surface area contributed by atoms with Gasteiger partial charge in [-0.1, -0.05) is 33.3 Å². The third-order valence-electron chi connectivity index (χ3n) is 3.22. The van der Waals surface area contributed by atoms with E-state index in [0.29, 0.717) is 6.42 Å². The van der Waals surface area contributed by atoms with E-state index < -0.39 is 0 Å². The largest absolute Gasteiger partial charge is 0.469 e. The molecule has 0 aromatic carbocycles. The second-order valence-corrected chi connectivity index (χ2v) is 6.00. The first kappa shape index (κ1) is 16.5. The number of pyridine rings is 1. The molecule has 0 unspecified atom stereocenters. The number of unbranched alkanes of at least 4 members (excludes halogenated alkanes) is 2. The summed E-state index contributed by atoms with van der Waals surface area (Å²) in [6, 6.07) is 4.14. The molecule has 0 aliphatic heterocycles. The number of nitrogens with one attached hydrogen (secondary N) is 1. The van der Waals surface area contributed by atoms with Gasteiger partial charge < -0.3 is 10.1 Å². The first-order valence-electron chi connectivity index (χ1n) is 7.20. The van der Waals surface area contributed by atoms with Crippen LogP contribution in [0.4, 0.5) is 5.82 Å². The van der Waals surface area contributed by atoms with Crippen LogP contribution < -0.4 is 5.32 Å². The van der Waals surface area contributed by atoms with Crippen LogP contribution in [0.25, 0.3) is 0 Å². The number of nitrogens with zero attached hydrogens (tertiary/aromatic N) is 1. The van der Waals surface area contributed by atoms with Gasteiger partial charge in [-0.3, -0.25) is 4.79 Å². The lowest BCUT2D eigenvalue weighted by molar-refractivity contribution is -0.140. The van der Waals surface area contributed by atoms with Gasteiger partial charge in [0.25, 0.3) is 0 Å². The van der Waals surface area contributed by atoms with Gasteiger partial charge in [0.2, 0.25) is 0 Å². The topological polar surface area (TPSA) is 51.2 Å². The molecule has 0 aliphatic rings. The first-order chi connectivity index (χ1) is 9.43. The van der Waals surface area contributed by atoms with Crippen LogP contribution in [0.5, 0.6) is 0 Å². The van der Waals surface area contributed by atoms with Gasteiger partial charge in [-0.2, -0.15) is 0 Å². The second kappa shape index (κ2) is 7.88. The first-order valence-corrected chi connectivity index (χ1v) is 7.20. The normalized spacial score (nSPS) is 11.2. The second-order valence-electron chi connectivity index (χ2n) is 6.00. The van der Waals surface area contributed by atoms with E-state index in [4.69, 9.17) is 0 Å². The average Bonchev–Trinajstić information content (AvgIpc) is 2.41. The lowest BCUT2D eigenvalue weighted by Crippen LogP contribution is -2.12. The van der Waals surface area contributed by atoms with Gasteiger partial charge in [0.05, 0.1) is 7.11 Å². The Bertz CT molecular complexity index is 407. The Kier molecular flexibility index (Phi) is 6.49. The molecule has 0 amide bonds. The fraction of sp³-hybridized carbons (Fsp3) is 0.625. The molecular formula is C16H26N2O2. The molecule has 4 nitrogen and oxygen atoms in total. The quantitative estimate of drug-likeness (QED) is 0.612. The van der Waals surface area contributed by atoms with Gasteiger partial charge >= 0.3 is 5.97 Å². The maximum Gasteiger partial charge on any atom is 0.305 e. The molecular weight excluding hydrogens is 252 g/mol. The summed E-state index contributed by atoms with van der Waals surface area (Å²) in [4.78, 5) is 15.4. The monoisotopic (exact) mass is 278 g/mol. The molecule has 0 spiro atoms. The number of methoxy groups -OCH3 is 1. The van der Waals surface area contributed by atoms with Crippen molar-refractivity contribution in [1.82, 2.24) is 4.98 Å². The van der Waals surface area contributed by atoms with E-state index in [2.05, 4.69) is 41.9 Å². The molecule has 0 aliphatic carbocycles. The number of esters is 1. The molecule has 0 atom stereocenters. The van der Waals surface area contributed by atoms with Crippen molar-refractivity contribution < 1.29 is 9.53 Å². The Hall–Kier alpha value is -1.58. The average molecular weight is 278 g/mol. The zero-order valence-electron chi connectivity index (χ0n) is 13.0. The molecule has 0 saturated heterocycles. The highest BCUT2D eigenvalue weighted by Gasteiger charge is 2.13. The molecule has 1 aromatic rings. The van der Waals surface area contributed by atoms with Gasteiger partial charge in [0, 0.05) is 19.2 Å². The zero-order valence-corrected chi connectivity index (χ0v) is 13.0. The van der Waals surface area contributed by atoms with Crippen molar-refractivity contribution in [2.45, 2.75) is 51.9 Å². The minimum absolute atomic E-state index is 0.127.